The maximum absolute atomic E-state index is 13.4. The predicted octanol–water partition coefficient (Wildman–Crippen LogP) is 3.09. The van der Waals surface area contributed by atoms with E-state index >= 15 is 0 Å². The number of nitrogens with one attached hydrogen (secondary N) is 1. The molecule has 0 aliphatic carbocycles. The highest BCUT2D eigenvalue weighted by molar-refractivity contribution is 5.88. The van der Waals surface area contributed by atoms with Crippen LogP contribution in [-0.2, 0) is 19.3 Å². The van der Waals surface area contributed by atoms with Crippen LogP contribution in [0.15, 0.2) is 24.4 Å². The van der Waals surface area contributed by atoms with E-state index in [-0.39, 0.29) is 0 Å². The predicted molar refractivity (Wildman–Crippen MR) is 80.8 cm³/mol. The highest BCUT2D eigenvalue weighted by Gasteiger charge is 2.34. The Hall–Kier alpha value is -1.53. The first kappa shape index (κ1) is 15.4. The van der Waals surface area contributed by atoms with Crippen molar-refractivity contribution in [3.05, 3.63) is 35.5 Å². The fourth-order valence-corrected chi connectivity index (χ4v) is 3.17. The number of halogens is 3. The van der Waals surface area contributed by atoms with Gasteiger partial charge in [0.25, 0.3) is 0 Å². The molecule has 0 spiro atoms. The summed E-state index contributed by atoms with van der Waals surface area (Å²) in [6, 6.07) is 4.45. The largest absolute Gasteiger partial charge is 0.417 e. The van der Waals surface area contributed by atoms with Crippen molar-refractivity contribution in [2.45, 2.75) is 26.2 Å². The van der Waals surface area contributed by atoms with Gasteiger partial charge in [-0.15, -0.1) is 0 Å². The average Bonchev–Trinajstić information content (AvgIpc) is 2.85. The molecule has 0 amide bonds. The molecule has 1 fully saturated rings. The molecule has 1 saturated heterocycles. The molecule has 1 aliphatic heterocycles. The molecule has 3 rings (SSSR count). The van der Waals surface area contributed by atoms with Gasteiger partial charge < -0.3 is 9.88 Å². The molecule has 0 unspecified atom stereocenters. The summed E-state index contributed by atoms with van der Waals surface area (Å²) in [7, 11) is 0. The lowest BCUT2D eigenvalue weighted by Crippen LogP contribution is -2.42. The standard InChI is InChI=1S/C16H20F3N3/c1-2-22-11-12(10-21-8-6-20-7-9-21)15-13(16(17,18)19)4-3-5-14(15)22/h3-5,11,20H,2,6-10H2,1H3. The summed E-state index contributed by atoms with van der Waals surface area (Å²) in [6.07, 6.45) is -2.44. The Balaban J connectivity index is 2.08. The second kappa shape index (κ2) is 5.93. The van der Waals surface area contributed by atoms with Crippen molar-refractivity contribution in [2.75, 3.05) is 26.2 Å². The first-order valence-electron chi connectivity index (χ1n) is 7.61. The Morgan fingerprint density at radius 3 is 2.55 bits per heavy atom. The summed E-state index contributed by atoms with van der Waals surface area (Å²) in [4.78, 5) is 2.21. The minimum absolute atomic E-state index is 0.357. The summed E-state index contributed by atoms with van der Waals surface area (Å²) < 4.78 is 42.0. The van der Waals surface area contributed by atoms with Crippen LogP contribution in [0.25, 0.3) is 10.9 Å². The number of piperazine rings is 1. The number of benzene rings is 1. The van der Waals surface area contributed by atoms with Gasteiger partial charge in [0, 0.05) is 56.4 Å². The zero-order valence-corrected chi connectivity index (χ0v) is 12.6. The highest BCUT2D eigenvalue weighted by atomic mass is 19.4. The molecule has 3 nitrogen and oxygen atoms in total. The van der Waals surface area contributed by atoms with Crippen molar-refractivity contribution in [3.63, 3.8) is 0 Å². The third-order valence-corrected chi connectivity index (χ3v) is 4.23. The van der Waals surface area contributed by atoms with Crippen molar-refractivity contribution in [1.82, 2.24) is 14.8 Å². The molecule has 0 saturated carbocycles. The lowest BCUT2D eigenvalue weighted by Gasteiger charge is -2.27. The first-order chi connectivity index (χ1) is 10.5. The topological polar surface area (TPSA) is 20.2 Å². The Morgan fingerprint density at radius 2 is 1.91 bits per heavy atom. The van der Waals surface area contributed by atoms with E-state index < -0.39 is 11.7 Å². The van der Waals surface area contributed by atoms with Crippen molar-refractivity contribution < 1.29 is 13.2 Å². The summed E-state index contributed by atoms with van der Waals surface area (Å²) in [5.74, 6) is 0. The number of nitrogens with zero attached hydrogens (tertiary/aromatic N) is 2. The number of aryl methyl sites for hydroxylation is 1. The van der Waals surface area contributed by atoms with E-state index in [4.69, 9.17) is 0 Å². The van der Waals surface area contributed by atoms with Gasteiger partial charge in [0.15, 0.2) is 0 Å². The summed E-state index contributed by atoms with van der Waals surface area (Å²) >= 11 is 0. The molecule has 120 valence electrons. The molecule has 6 heteroatoms. The molecule has 0 atom stereocenters. The van der Waals surface area contributed by atoms with Crippen molar-refractivity contribution >= 4 is 10.9 Å². The van der Waals surface area contributed by atoms with Crippen LogP contribution in [0, 0.1) is 0 Å². The van der Waals surface area contributed by atoms with Gasteiger partial charge in [-0.05, 0) is 24.6 Å². The number of hydrogen-bond acceptors (Lipinski definition) is 2. The number of rotatable bonds is 3. The smallest absolute Gasteiger partial charge is 0.347 e. The summed E-state index contributed by atoms with van der Waals surface area (Å²) in [5.41, 5.74) is 0.913. The van der Waals surface area contributed by atoms with Crippen LogP contribution in [0.1, 0.15) is 18.1 Å². The van der Waals surface area contributed by atoms with Crippen LogP contribution in [0.4, 0.5) is 13.2 Å². The Kier molecular flexibility index (Phi) is 4.14. The zero-order chi connectivity index (χ0) is 15.7. The quantitative estimate of drug-likeness (QED) is 0.940. The summed E-state index contributed by atoms with van der Waals surface area (Å²) in [5, 5.41) is 3.62. The molecule has 2 aromatic rings. The third kappa shape index (κ3) is 2.85. The zero-order valence-electron chi connectivity index (χ0n) is 12.6. The van der Waals surface area contributed by atoms with Crippen LogP contribution in [-0.4, -0.2) is 35.6 Å². The fraction of sp³-hybridized carbons (Fsp3) is 0.500. The number of aromatic nitrogens is 1. The Bertz CT molecular complexity index is 654. The van der Waals surface area contributed by atoms with Gasteiger partial charge in [0.1, 0.15) is 0 Å². The van der Waals surface area contributed by atoms with Crippen molar-refractivity contribution in [3.8, 4) is 0 Å². The van der Waals surface area contributed by atoms with E-state index in [1.807, 2.05) is 17.7 Å². The number of fused-ring (bicyclic) bond motifs is 1. The molecule has 1 aromatic carbocycles. The van der Waals surface area contributed by atoms with Gasteiger partial charge in [0.2, 0.25) is 0 Å². The molecule has 1 aromatic heterocycles. The monoisotopic (exact) mass is 311 g/mol. The van der Waals surface area contributed by atoms with Crippen LogP contribution in [0.3, 0.4) is 0 Å². The maximum atomic E-state index is 13.4. The third-order valence-electron chi connectivity index (χ3n) is 4.23. The second-order valence-corrected chi connectivity index (χ2v) is 5.66. The van der Waals surface area contributed by atoms with Gasteiger partial charge in [-0.1, -0.05) is 6.07 Å². The average molecular weight is 311 g/mol. The molecule has 1 N–H and O–H groups in total. The van der Waals surface area contributed by atoms with E-state index in [1.165, 1.54) is 12.1 Å². The van der Waals surface area contributed by atoms with Crippen molar-refractivity contribution in [1.29, 1.82) is 0 Å². The van der Waals surface area contributed by atoms with Crippen molar-refractivity contribution in [2.24, 2.45) is 0 Å². The summed E-state index contributed by atoms with van der Waals surface area (Å²) in [6.45, 7) is 6.70. The molecular weight excluding hydrogens is 291 g/mol. The van der Waals surface area contributed by atoms with Gasteiger partial charge in [-0.25, -0.2) is 0 Å². The minimum Gasteiger partial charge on any atom is -0.347 e. The lowest BCUT2D eigenvalue weighted by atomic mass is 10.1. The Morgan fingerprint density at radius 1 is 1.18 bits per heavy atom. The van der Waals surface area contributed by atoms with E-state index in [2.05, 4.69) is 10.2 Å². The van der Waals surface area contributed by atoms with E-state index in [9.17, 15) is 13.2 Å². The van der Waals surface area contributed by atoms with Crippen LogP contribution < -0.4 is 5.32 Å². The molecule has 22 heavy (non-hydrogen) atoms. The highest BCUT2D eigenvalue weighted by Crippen LogP contribution is 2.37. The molecule has 0 bridgehead atoms. The molecule has 1 aliphatic rings. The van der Waals surface area contributed by atoms with E-state index in [1.54, 1.807) is 6.07 Å². The SMILES string of the molecule is CCn1cc(CN2CCNCC2)c2c(C(F)(F)F)cccc21. The van der Waals surface area contributed by atoms with E-state index in [0.29, 0.717) is 24.0 Å². The Labute approximate surface area is 127 Å². The molecular formula is C16H20F3N3. The minimum atomic E-state index is -4.32. The van der Waals surface area contributed by atoms with Crippen LogP contribution >= 0.6 is 0 Å². The molecule has 2 heterocycles. The normalized spacial score (nSPS) is 17.3. The van der Waals surface area contributed by atoms with Gasteiger partial charge >= 0.3 is 6.18 Å². The fourth-order valence-electron chi connectivity index (χ4n) is 3.17. The first-order valence-corrected chi connectivity index (χ1v) is 7.61. The second-order valence-electron chi connectivity index (χ2n) is 5.66. The van der Waals surface area contributed by atoms with Crippen LogP contribution in [0.5, 0.6) is 0 Å². The van der Waals surface area contributed by atoms with Crippen LogP contribution in [0.2, 0.25) is 0 Å². The molecule has 0 radical (unpaired) electrons. The van der Waals surface area contributed by atoms with Gasteiger partial charge in [0.05, 0.1) is 5.56 Å². The lowest BCUT2D eigenvalue weighted by molar-refractivity contribution is -0.136. The number of hydrogen-bond donors (Lipinski definition) is 1. The van der Waals surface area contributed by atoms with E-state index in [0.717, 1.165) is 31.7 Å². The maximum Gasteiger partial charge on any atom is 0.417 e. The van der Waals surface area contributed by atoms with Gasteiger partial charge in [-0.3, -0.25) is 4.90 Å². The number of alkyl halides is 3. The van der Waals surface area contributed by atoms with Gasteiger partial charge in [-0.2, -0.15) is 13.2 Å².